The SMILES string of the molecule is CCO[C@@H](CC(=O)O)c1ccc(O[C@@H]2CCc3c(-c4cccnc4C)cccc32)cc1. The summed E-state index contributed by atoms with van der Waals surface area (Å²) in [4.78, 5) is 15.6. The molecule has 0 saturated carbocycles. The minimum absolute atomic E-state index is 0.000476. The second-order valence-corrected chi connectivity index (χ2v) is 7.77. The summed E-state index contributed by atoms with van der Waals surface area (Å²) in [7, 11) is 0. The highest BCUT2D eigenvalue weighted by Gasteiger charge is 2.27. The molecule has 1 aromatic heterocycles. The summed E-state index contributed by atoms with van der Waals surface area (Å²) in [6.45, 7) is 4.37. The van der Waals surface area contributed by atoms with Gasteiger partial charge in [0.1, 0.15) is 11.9 Å². The van der Waals surface area contributed by atoms with Crippen LogP contribution in [0.3, 0.4) is 0 Å². The molecule has 2 atom stereocenters. The lowest BCUT2D eigenvalue weighted by molar-refractivity contribution is -0.140. The second-order valence-electron chi connectivity index (χ2n) is 7.77. The summed E-state index contributed by atoms with van der Waals surface area (Å²) in [6.07, 6.45) is 3.21. The lowest BCUT2D eigenvalue weighted by atomic mass is 9.96. The second kappa shape index (κ2) is 9.31. The van der Waals surface area contributed by atoms with Gasteiger partial charge in [-0.1, -0.05) is 36.4 Å². The Balaban J connectivity index is 1.53. The molecule has 1 aliphatic carbocycles. The van der Waals surface area contributed by atoms with Crippen LogP contribution >= 0.6 is 0 Å². The fourth-order valence-corrected chi connectivity index (χ4v) is 4.32. The Morgan fingerprint density at radius 3 is 2.61 bits per heavy atom. The first-order valence-electron chi connectivity index (χ1n) is 10.7. The van der Waals surface area contributed by atoms with Crippen LogP contribution in [0, 0.1) is 6.92 Å². The van der Waals surface area contributed by atoms with Gasteiger partial charge in [0, 0.05) is 24.1 Å². The van der Waals surface area contributed by atoms with Crippen LogP contribution in [0.25, 0.3) is 11.1 Å². The van der Waals surface area contributed by atoms with Gasteiger partial charge in [-0.2, -0.15) is 0 Å². The molecule has 0 saturated heterocycles. The van der Waals surface area contributed by atoms with Crippen molar-refractivity contribution in [3.63, 3.8) is 0 Å². The number of carboxylic acid groups (broad SMARTS) is 1. The zero-order valence-electron chi connectivity index (χ0n) is 17.9. The molecule has 0 bridgehead atoms. The molecule has 1 heterocycles. The van der Waals surface area contributed by atoms with E-state index >= 15 is 0 Å². The Hall–Kier alpha value is -3.18. The number of benzene rings is 2. The van der Waals surface area contributed by atoms with E-state index in [1.807, 2.05) is 50.4 Å². The zero-order chi connectivity index (χ0) is 21.8. The summed E-state index contributed by atoms with van der Waals surface area (Å²) in [5.74, 6) is -0.101. The highest BCUT2D eigenvalue weighted by molar-refractivity contribution is 5.71. The Bertz CT molecular complexity index is 1060. The summed E-state index contributed by atoms with van der Waals surface area (Å²) >= 11 is 0. The van der Waals surface area contributed by atoms with Gasteiger partial charge in [0.25, 0.3) is 0 Å². The number of rotatable bonds is 8. The van der Waals surface area contributed by atoms with Gasteiger partial charge < -0.3 is 14.6 Å². The van der Waals surface area contributed by atoms with Crippen molar-refractivity contribution in [2.45, 2.75) is 45.3 Å². The van der Waals surface area contributed by atoms with E-state index in [1.54, 1.807) is 0 Å². The first kappa shape index (κ1) is 21.1. The molecule has 1 N–H and O–H groups in total. The first-order valence-corrected chi connectivity index (χ1v) is 10.7. The van der Waals surface area contributed by atoms with Gasteiger partial charge in [0.05, 0.1) is 12.5 Å². The van der Waals surface area contributed by atoms with Gasteiger partial charge in [0.15, 0.2) is 0 Å². The summed E-state index contributed by atoms with van der Waals surface area (Å²) in [6, 6.07) is 18.1. The smallest absolute Gasteiger partial charge is 0.306 e. The molecule has 0 amide bonds. The van der Waals surface area contributed by atoms with Gasteiger partial charge in [0.2, 0.25) is 0 Å². The standard InChI is InChI=1S/C26H27NO4/c1-3-30-25(16-26(28)29)18-9-11-19(12-10-18)31-24-14-13-22-21(6-4-7-23(22)24)20-8-5-15-27-17(20)2/h4-12,15,24-25H,3,13-14,16H2,1-2H3,(H,28,29)/t24-,25+/m1/s1. The molecule has 3 aromatic rings. The third-order valence-corrected chi connectivity index (χ3v) is 5.77. The topological polar surface area (TPSA) is 68.7 Å². The Labute approximate surface area is 182 Å². The molecule has 2 aromatic carbocycles. The number of hydrogen-bond donors (Lipinski definition) is 1. The van der Waals surface area contributed by atoms with Crippen LogP contribution in [0.4, 0.5) is 0 Å². The van der Waals surface area contributed by atoms with Gasteiger partial charge in [-0.25, -0.2) is 0 Å². The number of pyridine rings is 1. The average molecular weight is 418 g/mol. The maximum absolute atomic E-state index is 11.1. The van der Waals surface area contributed by atoms with Crippen LogP contribution in [0.15, 0.2) is 60.8 Å². The number of aryl methyl sites for hydroxylation is 1. The minimum Gasteiger partial charge on any atom is -0.486 e. The van der Waals surface area contributed by atoms with E-state index in [0.29, 0.717) is 6.61 Å². The monoisotopic (exact) mass is 417 g/mol. The molecule has 4 rings (SSSR count). The van der Waals surface area contributed by atoms with Gasteiger partial charge in [-0.05, 0) is 67.1 Å². The summed E-state index contributed by atoms with van der Waals surface area (Å²) < 4.78 is 11.9. The number of ether oxygens (including phenoxy) is 2. The zero-order valence-corrected chi connectivity index (χ0v) is 17.9. The van der Waals surface area contributed by atoms with E-state index in [9.17, 15) is 4.79 Å². The van der Waals surface area contributed by atoms with E-state index in [4.69, 9.17) is 14.6 Å². The minimum atomic E-state index is -0.874. The van der Waals surface area contributed by atoms with Crippen molar-refractivity contribution in [2.75, 3.05) is 6.61 Å². The Morgan fingerprint density at radius 2 is 1.90 bits per heavy atom. The maximum atomic E-state index is 11.1. The molecule has 0 aliphatic heterocycles. The molecule has 0 fully saturated rings. The normalized spacial score (nSPS) is 16.0. The fourth-order valence-electron chi connectivity index (χ4n) is 4.32. The Morgan fingerprint density at radius 1 is 1.13 bits per heavy atom. The lowest BCUT2D eigenvalue weighted by Gasteiger charge is -2.18. The van der Waals surface area contributed by atoms with Crippen LogP contribution in [-0.4, -0.2) is 22.7 Å². The third-order valence-electron chi connectivity index (χ3n) is 5.77. The number of fused-ring (bicyclic) bond motifs is 1. The number of hydrogen-bond acceptors (Lipinski definition) is 4. The highest BCUT2D eigenvalue weighted by atomic mass is 16.5. The first-order chi connectivity index (χ1) is 15.1. The van der Waals surface area contributed by atoms with Crippen molar-refractivity contribution in [1.29, 1.82) is 0 Å². The van der Waals surface area contributed by atoms with Crippen molar-refractivity contribution in [2.24, 2.45) is 0 Å². The molecular weight excluding hydrogens is 390 g/mol. The van der Waals surface area contributed by atoms with Crippen molar-refractivity contribution >= 4 is 5.97 Å². The van der Waals surface area contributed by atoms with Crippen LogP contribution in [0.1, 0.15) is 54.4 Å². The van der Waals surface area contributed by atoms with E-state index in [0.717, 1.165) is 29.8 Å². The predicted molar refractivity (Wildman–Crippen MR) is 119 cm³/mol. The van der Waals surface area contributed by atoms with E-state index in [-0.39, 0.29) is 12.5 Å². The number of nitrogens with zero attached hydrogens (tertiary/aromatic N) is 1. The Kier molecular flexibility index (Phi) is 6.33. The van der Waals surface area contributed by atoms with E-state index in [1.165, 1.54) is 22.3 Å². The van der Waals surface area contributed by atoms with Crippen molar-refractivity contribution in [3.05, 3.63) is 83.2 Å². The van der Waals surface area contributed by atoms with Gasteiger partial charge >= 0.3 is 5.97 Å². The lowest BCUT2D eigenvalue weighted by Crippen LogP contribution is -2.10. The predicted octanol–water partition coefficient (Wildman–Crippen LogP) is 5.68. The van der Waals surface area contributed by atoms with Crippen LogP contribution < -0.4 is 4.74 Å². The van der Waals surface area contributed by atoms with Gasteiger partial charge in [-0.15, -0.1) is 0 Å². The summed E-state index contributed by atoms with van der Waals surface area (Å²) in [5.41, 5.74) is 6.84. The van der Waals surface area contributed by atoms with E-state index < -0.39 is 12.1 Å². The van der Waals surface area contributed by atoms with Crippen molar-refractivity contribution < 1.29 is 19.4 Å². The molecular formula is C26H27NO4. The van der Waals surface area contributed by atoms with Crippen molar-refractivity contribution in [3.8, 4) is 16.9 Å². The highest BCUT2D eigenvalue weighted by Crippen LogP contribution is 2.40. The molecule has 31 heavy (non-hydrogen) atoms. The van der Waals surface area contributed by atoms with Crippen molar-refractivity contribution in [1.82, 2.24) is 4.98 Å². The molecule has 1 aliphatic rings. The van der Waals surface area contributed by atoms with Gasteiger partial charge in [-0.3, -0.25) is 9.78 Å². The molecule has 0 unspecified atom stereocenters. The van der Waals surface area contributed by atoms with Crippen LogP contribution in [0.5, 0.6) is 5.75 Å². The molecule has 0 radical (unpaired) electrons. The van der Waals surface area contributed by atoms with E-state index in [2.05, 4.69) is 29.2 Å². The quantitative estimate of drug-likeness (QED) is 0.511. The molecule has 5 heteroatoms. The third kappa shape index (κ3) is 4.62. The number of aromatic nitrogens is 1. The molecule has 160 valence electrons. The van der Waals surface area contributed by atoms with Crippen LogP contribution in [-0.2, 0) is 16.0 Å². The number of carbonyl (C=O) groups is 1. The number of aliphatic carboxylic acids is 1. The molecule has 0 spiro atoms. The van der Waals surface area contributed by atoms with Crippen LogP contribution in [0.2, 0.25) is 0 Å². The maximum Gasteiger partial charge on any atom is 0.306 e. The largest absolute Gasteiger partial charge is 0.486 e. The number of carboxylic acids is 1. The average Bonchev–Trinajstić information content (AvgIpc) is 3.17. The summed E-state index contributed by atoms with van der Waals surface area (Å²) in [5, 5.41) is 9.12. The fraction of sp³-hybridized carbons (Fsp3) is 0.308. The molecule has 5 nitrogen and oxygen atoms in total.